The molecular formula is C72H86F6N16O5S2. The van der Waals surface area contributed by atoms with Gasteiger partial charge in [-0.05, 0) is 153 Å². The summed E-state index contributed by atoms with van der Waals surface area (Å²) in [5.41, 5.74) is 6.76. The fourth-order valence-corrected chi connectivity index (χ4v) is 16.9. The highest BCUT2D eigenvalue weighted by Gasteiger charge is 2.55. The standard InChI is InChI=1S/C36H43F3N8O2S.C23H28N4O3.C13H15F3N4S/c1-23-24(17-44-9-7-25(8-10-44)43-31-29-14-27(15-36(37,38)39)50-32(29)42-22-41-31)5-6-30-28(23)13-26(16-40)47(30)12-11-45-18-35(19-45)20-46(21-35)33(48)49-34(2,3)4;1-16-17(11-28)5-6-20-19(16)9-18(10-24)27(20)8-7-25-12-23(13-25)14-26(15-23)21(29)30-22(2,3)4;14-13(15,16)6-9-5-10-11(18-7-19-12(10)21-9)20-8-1-3-17-4-2-8/h5-6,13-14,22,25H,7-12,15,17-21H2,1-4H3,(H,41,42,43);5-6,9,11H,7-8,12-15H2,1-4H3;5,7-8,17H,1-4,6H2,(H,18,19,20). The predicted molar refractivity (Wildman–Crippen MR) is 377 cm³/mol. The van der Waals surface area contributed by atoms with Crippen molar-refractivity contribution in [1.29, 1.82) is 10.5 Å². The maximum absolute atomic E-state index is 13.0. The van der Waals surface area contributed by atoms with Crippen LogP contribution in [0.15, 0.2) is 61.2 Å². The second-order valence-corrected chi connectivity index (χ2v) is 32.3. The molecule has 0 bridgehead atoms. The third-order valence-corrected chi connectivity index (χ3v) is 21.7. The monoisotopic (exact) mass is 1430 g/mol. The van der Waals surface area contributed by atoms with Crippen LogP contribution in [0.1, 0.15) is 115 Å². The van der Waals surface area contributed by atoms with Crippen molar-refractivity contribution in [3.8, 4) is 12.1 Å². The van der Waals surface area contributed by atoms with E-state index in [-0.39, 0.29) is 38.8 Å². The number of benzene rings is 2. The van der Waals surface area contributed by atoms with Crippen molar-refractivity contribution < 1.29 is 50.2 Å². The molecule has 538 valence electrons. The number of halogens is 6. The van der Waals surface area contributed by atoms with Crippen molar-refractivity contribution in [3.05, 3.63) is 105 Å². The molecule has 2 spiro atoms. The molecule has 6 aromatic heterocycles. The number of nitrogens with zero attached hydrogens (tertiary/aromatic N) is 13. The van der Waals surface area contributed by atoms with E-state index >= 15 is 0 Å². The Hall–Kier alpha value is -8.19. The van der Waals surface area contributed by atoms with Gasteiger partial charge in [0.25, 0.3) is 0 Å². The molecule has 0 aliphatic carbocycles. The third-order valence-electron chi connectivity index (χ3n) is 19.7. The normalized spacial score (nSPS) is 18.2. The molecule has 21 nitrogen and oxygen atoms in total. The van der Waals surface area contributed by atoms with E-state index in [4.69, 9.17) is 9.47 Å². The molecule has 0 saturated carbocycles. The zero-order valence-corrected chi connectivity index (χ0v) is 59.8. The number of anilines is 2. The Morgan fingerprint density at radius 3 is 1.46 bits per heavy atom. The summed E-state index contributed by atoms with van der Waals surface area (Å²) in [5, 5.41) is 33.0. The average molecular weight is 1430 g/mol. The van der Waals surface area contributed by atoms with Crippen molar-refractivity contribution in [1.82, 2.24) is 58.9 Å². The first-order chi connectivity index (χ1) is 47.8. The van der Waals surface area contributed by atoms with Crippen LogP contribution in [0.2, 0.25) is 0 Å². The van der Waals surface area contributed by atoms with Crippen LogP contribution in [0.4, 0.5) is 47.6 Å². The molecule has 8 aromatic rings. The first-order valence-corrected chi connectivity index (χ1v) is 35.9. The molecule has 2 aromatic carbocycles. The second-order valence-electron chi connectivity index (χ2n) is 30.0. The number of aldehydes is 1. The van der Waals surface area contributed by atoms with Crippen LogP contribution >= 0.6 is 22.7 Å². The summed E-state index contributed by atoms with van der Waals surface area (Å²) in [6.07, 6.45) is -3.40. The maximum Gasteiger partial charge on any atom is 0.410 e. The number of nitriles is 2. The SMILES string of the molecule is Cc1c(C=O)ccc2c1cc(C#N)n2CCN1CC2(C1)CN(C(=O)OC(C)(C)C)C2.Cc1c(CN2CCC(Nc3ncnc4sc(CC(F)(F)F)cc34)CC2)ccc2c1cc(C#N)n2CCN1CC2(C1)CN(C(=O)OC(C)(C)C)C2.FC(F)(F)Cc1cc2c(NC3CCNCC3)ncnc2s1. The van der Waals surface area contributed by atoms with Crippen molar-refractivity contribution in [3.63, 3.8) is 0 Å². The van der Waals surface area contributed by atoms with Gasteiger partial charge in [0.1, 0.15) is 75.0 Å². The topological polar surface area (TPSA) is 231 Å². The Balaban J connectivity index is 0.000000159. The lowest BCUT2D eigenvalue weighted by molar-refractivity contribution is -0.127. The highest BCUT2D eigenvalue weighted by Crippen LogP contribution is 2.43. The summed E-state index contributed by atoms with van der Waals surface area (Å²) >= 11 is 2.14. The van der Waals surface area contributed by atoms with Gasteiger partial charge in [-0.2, -0.15) is 36.9 Å². The van der Waals surface area contributed by atoms with E-state index in [1.807, 2.05) is 77.3 Å². The van der Waals surface area contributed by atoms with Gasteiger partial charge in [-0.25, -0.2) is 29.5 Å². The van der Waals surface area contributed by atoms with Crippen LogP contribution < -0.4 is 16.0 Å². The fraction of sp³-hybridized carbons (Fsp3) is 0.542. The number of likely N-dealkylation sites (tertiary alicyclic amines) is 5. The van der Waals surface area contributed by atoms with Crippen LogP contribution in [-0.2, 0) is 41.9 Å². The molecule has 0 radical (unpaired) electrons. The number of amides is 2. The quantitative estimate of drug-likeness (QED) is 0.0640. The Labute approximate surface area is 590 Å². The van der Waals surface area contributed by atoms with E-state index in [0.29, 0.717) is 55.1 Å². The lowest BCUT2D eigenvalue weighted by atomic mass is 9.73. The average Bonchev–Trinajstić information content (AvgIpc) is 1.62. The minimum absolute atomic E-state index is 0.167. The van der Waals surface area contributed by atoms with Crippen molar-refractivity contribution in [2.75, 3.05) is 102 Å². The molecule has 101 heavy (non-hydrogen) atoms. The Morgan fingerprint density at radius 1 is 0.594 bits per heavy atom. The van der Waals surface area contributed by atoms with Gasteiger partial charge in [-0.3, -0.25) is 9.69 Å². The van der Waals surface area contributed by atoms with E-state index in [2.05, 4.69) is 86.3 Å². The highest BCUT2D eigenvalue weighted by atomic mass is 32.1. The summed E-state index contributed by atoms with van der Waals surface area (Å²) in [6, 6.07) is 20.2. The molecular weight excluding hydrogens is 1350 g/mol. The van der Waals surface area contributed by atoms with Gasteiger partial charge in [0.2, 0.25) is 0 Å². The predicted octanol–water partition coefficient (Wildman–Crippen LogP) is 12.7. The molecule has 6 aliphatic rings. The largest absolute Gasteiger partial charge is 0.444 e. The van der Waals surface area contributed by atoms with Gasteiger partial charge >= 0.3 is 24.5 Å². The Kier molecular flexibility index (Phi) is 20.8. The van der Waals surface area contributed by atoms with Crippen molar-refractivity contribution in [2.45, 2.75) is 149 Å². The van der Waals surface area contributed by atoms with Crippen molar-refractivity contribution >= 4 is 95.0 Å². The summed E-state index contributed by atoms with van der Waals surface area (Å²) in [4.78, 5) is 65.0. The number of aryl methyl sites for hydroxylation is 2. The molecule has 0 atom stereocenters. The molecule has 6 saturated heterocycles. The molecule has 0 unspecified atom stereocenters. The lowest BCUT2D eigenvalue weighted by Gasteiger charge is -2.60. The first kappa shape index (κ1) is 72.6. The van der Waals surface area contributed by atoms with Gasteiger partial charge in [0.05, 0.1) is 23.6 Å². The number of fused-ring (bicyclic) bond motifs is 4. The van der Waals surface area contributed by atoms with E-state index in [9.17, 15) is 51.2 Å². The molecule has 2 amide bonds. The van der Waals surface area contributed by atoms with Gasteiger partial charge in [0.15, 0.2) is 0 Å². The number of carbonyl (C=O) groups is 3. The molecule has 12 heterocycles. The van der Waals surface area contributed by atoms with Crippen LogP contribution in [0.25, 0.3) is 42.2 Å². The van der Waals surface area contributed by atoms with Gasteiger partial charge in [0, 0.05) is 158 Å². The summed E-state index contributed by atoms with van der Waals surface area (Å²) < 4.78 is 91.5. The molecule has 29 heteroatoms. The summed E-state index contributed by atoms with van der Waals surface area (Å²) in [7, 11) is 0. The zero-order chi connectivity index (χ0) is 72.0. The number of rotatable bonds is 15. The number of aromatic nitrogens is 6. The number of nitrogens with one attached hydrogen (secondary N) is 3. The van der Waals surface area contributed by atoms with Crippen LogP contribution in [0.5, 0.6) is 0 Å². The second kappa shape index (κ2) is 28.9. The van der Waals surface area contributed by atoms with Crippen LogP contribution in [0.3, 0.4) is 0 Å². The number of piperidine rings is 2. The van der Waals surface area contributed by atoms with E-state index in [1.165, 1.54) is 23.8 Å². The van der Waals surface area contributed by atoms with E-state index < -0.39 is 36.4 Å². The zero-order valence-electron chi connectivity index (χ0n) is 58.2. The molecule has 3 N–H and O–H groups in total. The fourth-order valence-electron chi connectivity index (χ4n) is 14.9. The number of hydrogen-bond donors (Lipinski definition) is 3. The molecule has 6 aliphatic heterocycles. The number of ether oxygens (including phenoxy) is 2. The minimum Gasteiger partial charge on any atom is -0.444 e. The van der Waals surface area contributed by atoms with Crippen LogP contribution in [0, 0.1) is 47.3 Å². The Morgan fingerprint density at radius 2 is 1.03 bits per heavy atom. The minimum atomic E-state index is -4.26. The lowest BCUT2D eigenvalue weighted by Crippen LogP contribution is -2.73. The van der Waals surface area contributed by atoms with Crippen LogP contribution in [-0.4, -0.2) is 199 Å². The van der Waals surface area contributed by atoms with Gasteiger partial charge < -0.3 is 54.2 Å². The van der Waals surface area contributed by atoms with E-state index in [0.717, 1.165) is 193 Å². The van der Waals surface area contributed by atoms with Gasteiger partial charge in [-0.15, -0.1) is 22.7 Å². The smallest absolute Gasteiger partial charge is 0.410 e. The summed E-state index contributed by atoms with van der Waals surface area (Å²) in [6.45, 7) is 29.7. The maximum atomic E-state index is 13.0. The first-order valence-electron chi connectivity index (χ1n) is 34.3. The summed E-state index contributed by atoms with van der Waals surface area (Å²) in [5.74, 6) is 1.23. The molecule has 14 rings (SSSR count). The third kappa shape index (κ3) is 17.1. The van der Waals surface area contributed by atoms with Crippen molar-refractivity contribution in [2.24, 2.45) is 10.8 Å². The molecule has 6 fully saturated rings. The number of thiophene rings is 2. The Bertz CT molecular complexity index is 4440. The number of hydrogen-bond acceptors (Lipinski definition) is 19. The van der Waals surface area contributed by atoms with E-state index in [1.54, 1.807) is 21.9 Å². The number of carbonyl (C=O) groups excluding carboxylic acids is 3. The number of alkyl halides is 6. The highest BCUT2D eigenvalue weighted by molar-refractivity contribution is 7.19. The van der Waals surface area contributed by atoms with Gasteiger partial charge in [-0.1, -0.05) is 6.07 Å².